The molecule has 1 amide bonds. The number of hydrogen-bond acceptors (Lipinski definition) is 4. The molecule has 0 radical (unpaired) electrons. The molecule has 18 heavy (non-hydrogen) atoms. The lowest BCUT2D eigenvalue weighted by Crippen LogP contribution is -2.41. The molecule has 0 spiro atoms. The third kappa shape index (κ3) is 3.46. The predicted molar refractivity (Wildman–Crippen MR) is 55.0 cm³/mol. The summed E-state index contributed by atoms with van der Waals surface area (Å²) in [5, 5.41) is 12.2. The third-order valence-corrected chi connectivity index (χ3v) is 2.27. The van der Waals surface area contributed by atoms with Crippen LogP contribution in [0.1, 0.15) is 21.8 Å². The van der Waals surface area contributed by atoms with E-state index in [1.54, 1.807) is 0 Å². The topological polar surface area (TPSA) is 66.6 Å². The normalized spacial score (nSPS) is 11.7. The highest BCUT2D eigenvalue weighted by Gasteiger charge is 2.34. The lowest BCUT2D eigenvalue weighted by Gasteiger charge is -2.22. The highest BCUT2D eigenvalue weighted by molar-refractivity contribution is 5.96. The zero-order chi connectivity index (χ0) is 13.9. The van der Waals surface area contributed by atoms with Crippen LogP contribution in [-0.4, -0.2) is 46.9 Å². The van der Waals surface area contributed by atoms with Crippen molar-refractivity contribution in [3.8, 4) is 0 Å². The number of carbonyl (C=O) groups excluding carboxylic acids is 1. The number of aliphatic hydroxyl groups excluding tert-OH is 1. The summed E-state index contributed by atoms with van der Waals surface area (Å²) in [4.78, 5) is 12.5. The Balaban J connectivity index is 2.96. The maximum Gasteiger partial charge on any atom is 0.406 e. The molecule has 0 aliphatic carbocycles. The zero-order valence-corrected chi connectivity index (χ0v) is 9.91. The molecule has 0 aliphatic heterocycles. The van der Waals surface area contributed by atoms with Crippen molar-refractivity contribution in [1.82, 2.24) is 10.1 Å². The van der Waals surface area contributed by atoms with Crippen LogP contribution in [0.5, 0.6) is 0 Å². The first-order chi connectivity index (χ1) is 8.26. The first-order valence-corrected chi connectivity index (χ1v) is 5.16. The van der Waals surface area contributed by atoms with Crippen LogP contribution in [0.4, 0.5) is 13.2 Å². The van der Waals surface area contributed by atoms with Gasteiger partial charge in [0.15, 0.2) is 0 Å². The fourth-order valence-corrected chi connectivity index (χ4v) is 1.54. The monoisotopic (exact) mass is 266 g/mol. The standard InChI is InChI=1S/C10H13F3N2O3/c1-6-8(7(2)18-14-6)9(17)15(3-4-16)5-10(11,12)13/h16H,3-5H2,1-2H3. The number of rotatable bonds is 4. The highest BCUT2D eigenvalue weighted by Crippen LogP contribution is 2.20. The zero-order valence-electron chi connectivity index (χ0n) is 9.91. The van der Waals surface area contributed by atoms with E-state index < -0.39 is 31.8 Å². The minimum Gasteiger partial charge on any atom is -0.395 e. The van der Waals surface area contributed by atoms with Gasteiger partial charge >= 0.3 is 6.18 Å². The van der Waals surface area contributed by atoms with Gasteiger partial charge in [0.1, 0.15) is 17.9 Å². The molecule has 0 unspecified atom stereocenters. The smallest absolute Gasteiger partial charge is 0.395 e. The maximum absolute atomic E-state index is 12.3. The molecule has 1 aromatic rings. The Hall–Kier alpha value is -1.57. The van der Waals surface area contributed by atoms with Crippen LogP contribution in [0.25, 0.3) is 0 Å². The van der Waals surface area contributed by atoms with E-state index in [2.05, 4.69) is 5.16 Å². The summed E-state index contributed by atoms with van der Waals surface area (Å²) in [7, 11) is 0. The van der Waals surface area contributed by atoms with Crippen molar-refractivity contribution < 1.29 is 27.6 Å². The van der Waals surface area contributed by atoms with E-state index in [0.717, 1.165) is 0 Å². The highest BCUT2D eigenvalue weighted by atomic mass is 19.4. The molecule has 0 fully saturated rings. The number of aromatic nitrogens is 1. The van der Waals surface area contributed by atoms with Gasteiger partial charge in [-0.15, -0.1) is 0 Å². The van der Waals surface area contributed by atoms with Crippen LogP contribution >= 0.6 is 0 Å². The van der Waals surface area contributed by atoms with E-state index >= 15 is 0 Å². The van der Waals surface area contributed by atoms with Crippen LogP contribution in [-0.2, 0) is 0 Å². The molecule has 0 aromatic carbocycles. The second kappa shape index (κ2) is 5.38. The number of aliphatic hydroxyl groups is 1. The lowest BCUT2D eigenvalue weighted by atomic mass is 10.2. The first-order valence-electron chi connectivity index (χ1n) is 5.16. The molecule has 1 rings (SSSR count). The van der Waals surface area contributed by atoms with Gasteiger partial charge < -0.3 is 14.5 Å². The van der Waals surface area contributed by atoms with Gasteiger partial charge in [-0.05, 0) is 13.8 Å². The molecule has 0 bridgehead atoms. The number of amides is 1. The summed E-state index contributed by atoms with van der Waals surface area (Å²) in [5.74, 6) is -0.694. The van der Waals surface area contributed by atoms with Crippen LogP contribution in [0.3, 0.4) is 0 Å². The Labute approximate surface area is 101 Å². The molecular formula is C10H13F3N2O3. The number of nitrogens with zero attached hydrogens (tertiary/aromatic N) is 2. The summed E-state index contributed by atoms with van der Waals surface area (Å²) >= 11 is 0. The Morgan fingerprint density at radius 1 is 1.44 bits per heavy atom. The summed E-state index contributed by atoms with van der Waals surface area (Å²) in [5.41, 5.74) is 0.232. The summed E-state index contributed by atoms with van der Waals surface area (Å²) in [6, 6.07) is 0. The van der Waals surface area contributed by atoms with Gasteiger partial charge in [-0.3, -0.25) is 4.79 Å². The maximum atomic E-state index is 12.3. The molecule has 1 aromatic heterocycles. The number of halogens is 3. The van der Waals surface area contributed by atoms with Crippen molar-refractivity contribution in [2.45, 2.75) is 20.0 Å². The van der Waals surface area contributed by atoms with Crippen LogP contribution < -0.4 is 0 Å². The Morgan fingerprint density at radius 3 is 2.44 bits per heavy atom. The fraction of sp³-hybridized carbons (Fsp3) is 0.600. The minimum atomic E-state index is -4.52. The lowest BCUT2D eigenvalue weighted by molar-refractivity contribution is -0.141. The van der Waals surface area contributed by atoms with Gasteiger partial charge in [-0.2, -0.15) is 13.2 Å². The molecule has 1 N–H and O–H groups in total. The fourth-order valence-electron chi connectivity index (χ4n) is 1.54. The van der Waals surface area contributed by atoms with Gasteiger partial charge in [-0.25, -0.2) is 0 Å². The van der Waals surface area contributed by atoms with Crippen molar-refractivity contribution >= 4 is 5.91 Å². The van der Waals surface area contributed by atoms with Crippen molar-refractivity contribution in [1.29, 1.82) is 0 Å². The Morgan fingerprint density at radius 2 is 2.06 bits per heavy atom. The quantitative estimate of drug-likeness (QED) is 0.891. The van der Waals surface area contributed by atoms with Gasteiger partial charge in [0, 0.05) is 6.54 Å². The van der Waals surface area contributed by atoms with Crippen molar-refractivity contribution in [2.24, 2.45) is 0 Å². The SMILES string of the molecule is Cc1noc(C)c1C(=O)N(CCO)CC(F)(F)F. The molecule has 0 saturated carbocycles. The Kier molecular flexibility index (Phi) is 4.33. The molecule has 1 heterocycles. The number of alkyl halides is 3. The summed E-state index contributed by atoms with van der Waals surface area (Å²) < 4.78 is 41.7. The summed E-state index contributed by atoms with van der Waals surface area (Å²) in [6.45, 7) is 0.538. The molecule has 102 valence electrons. The first kappa shape index (κ1) is 14.5. The predicted octanol–water partition coefficient (Wildman–Crippen LogP) is 1.29. The summed E-state index contributed by atoms with van der Waals surface area (Å²) in [6.07, 6.45) is -4.52. The van der Waals surface area contributed by atoms with Crippen LogP contribution in [0.2, 0.25) is 0 Å². The van der Waals surface area contributed by atoms with Gasteiger partial charge in [-0.1, -0.05) is 5.16 Å². The van der Waals surface area contributed by atoms with Crippen molar-refractivity contribution in [3.63, 3.8) is 0 Å². The van der Waals surface area contributed by atoms with E-state index in [1.165, 1.54) is 13.8 Å². The van der Waals surface area contributed by atoms with Gasteiger partial charge in [0.25, 0.3) is 5.91 Å². The second-order valence-corrected chi connectivity index (χ2v) is 3.76. The second-order valence-electron chi connectivity index (χ2n) is 3.76. The van der Waals surface area contributed by atoms with Crippen LogP contribution in [0, 0.1) is 13.8 Å². The van der Waals surface area contributed by atoms with Crippen molar-refractivity contribution in [3.05, 3.63) is 17.0 Å². The van der Waals surface area contributed by atoms with Crippen LogP contribution in [0.15, 0.2) is 4.52 Å². The molecule has 0 aliphatic rings. The van der Waals surface area contributed by atoms with E-state index in [4.69, 9.17) is 9.63 Å². The molecule has 0 saturated heterocycles. The third-order valence-electron chi connectivity index (χ3n) is 2.27. The average molecular weight is 266 g/mol. The van der Waals surface area contributed by atoms with Gasteiger partial charge in [0.05, 0.1) is 12.3 Å². The molecule has 0 atom stereocenters. The number of carbonyl (C=O) groups is 1. The van der Waals surface area contributed by atoms with E-state index in [1.807, 2.05) is 0 Å². The van der Waals surface area contributed by atoms with E-state index in [9.17, 15) is 18.0 Å². The minimum absolute atomic E-state index is 0.00713. The number of hydrogen-bond donors (Lipinski definition) is 1. The molecular weight excluding hydrogens is 253 g/mol. The molecule has 8 heteroatoms. The van der Waals surface area contributed by atoms with E-state index in [-0.39, 0.29) is 17.0 Å². The number of aryl methyl sites for hydroxylation is 2. The van der Waals surface area contributed by atoms with Crippen molar-refractivity contribution in [2.75, 3.05) is 19.7 Å². The van der Waals surface area contributed by atoms with Gasteiger partial charge in [0.2, 0.25) is 0 Å². The van der Waals surface area contributed by atoms with E-state index in [0.29, 0.717) is 4.90 Å². The largest absolute Gasteiger partial charge is 0.406 e. The molecule has 5 nitrogen and oxygen atoms in total. The average Bonchev–Trinajstić information content (AvgIpc) is 2.55. The Bertz CT molecular complexity index is 409.